The van der Waals surface area contributed by atoms with Crippen molar-refractivity contribution in [1.29, 1.82) is 0 Å². The summed E-state index contributed by atoms with van der Waals surface area (Å²) in [5.74, 6) is 0.532. The van der Waals surface area contributed by atoms with Crippen LogP contribution in [0.1, 0.15) is 13.3 Å². The third-order valence-electron chi connectivity index (χ3n) is 9.91. The molecule has 0 spiro atoms. The second-order valence-corrected chi connectivity index (χ2v) is 12.9. The normalized spacial score (nSPS) is 14.7. The largest absolute Gasteiger partial charge is 0.397 e. The standard InChI is InChI=1S/C44H36N4/c1-30-19-23-33(24-20-30)46(44-18-10-7-15-39(44)45)29-47-40-16-8-5-13-35(40)37-27-31(21-25-41(37)47)32-22-26-43-38(28-32)36-14-6-9-17-42(36)48(43)34-11-3-2-4-12-34/h2-19,21-28,30H,20,29,45H2,1H3. The minimum absolute atomic E-state index is 0.532. The van der Waals surface area contributed by atoms with Gasteiger partial charge < -0.3 is 19.8 Å². The van der Waals surface area contributed by atoms with Crippen LogP contribution >= 0.6 is 0 Å². The number of hydrogen-bond acceptors (Lipinski definition) is 2. The Morgan fingerprint density at radius 3 is 1.94 bits per heavy atom. The molecule has 0 saturated heterocycles. The molecule has 0 radical (unpaired) electrons. The van der Waals surface area contributed by atoms with Gasteiger partial charge in [-0.25, -0.2) is 0 Å². The minimum atomic E-state index is 0.532. The Bertz CT molecular complexity index is 2550. The third-order valence-corrected chi connectivity index (χ3v) is 9.91. The third kappa shape index (κ3) is 4.60. The fourth-order valence-electron chi connectivity index (χ4n) is 7.48. The zero-order valence-corrected chi connectivity index (χ0v) is 26.9. The molecule has 2 heterocycles. The number of fused-ring (bicyclic) bond motifs is 6. The van der Waals surface area contributed by atoms with Gasteiger partial charge in [-0.05, 0) is 90.2 Å². The van der Waals surface area contributed by atoms with Gasteiger partial charge in [0.25, 0.3) is 0 Å². The van der Waals surface area contributed by atoms with E-state index < -0.39 is 0 Å². The number of nitrogens with two attached hydrogens (primary N) is 1. The molecule has 9 rings (SSSR count). The molecule has 1 aliphatic rings. The molecule has 0 bridgehead atoms. The smallest absolute Gasteiger partial charge is 0.100 e. The number of nitrogens with zero attached hydrogens (tertiary/aromatic N) is 3. The number of para-hydroxylation sites is 5. The summed E-state index contributed by atoms with van der Waals surface area (Å²) in [6.45, 7) is 2.90. The SMILES string of the molecule is CC1C=CC(N(Cn2c3ccccc3c3cc(-c4ccc5c(c4)c4ccccc4n5-c4ccccc4)ccc32)c2ccccc2N)=CC1. The summed E-state index contributed by atoms with van der Waals surface area (Å²) in [6, 6.07) is 50.1. The molecule has 8 aromatic rings. The number of rotatable bonds is 6. The Balaban J connectivity index is 1.19. The second-order valence-electron chi connectivity index (χ2n) is 12.9. The number of aromatic nitrogens is 2. The van der Waals surface area contributed by atoms with E-state index in [2.05, 4.69) is 167 Å². The van der Waals surface area contributed by atoms with Crippen LogP contribution in [0.5, 0.6) is 0 Å². The molecule has 0 fully saturated rings. The summed E-state index contributed by atoms with van der Waals surface area (Å²) in [5, 5.41) is 5.02. The average molecular weight is 621 g/mol. The minimum Gasteiger partial charge on any atom is -0.397 e. The fraction of sp³-hybridized carbons (Fsp3) is 0.0909. The number of anilines is 2. The van der Waals surface area contributed by atoms with Crippen molar-refractivity contribution in [2.75, 3.05) is 10.6 Å². The van der Waals surface area contributed by atoms with E-state index in [1.165, 1.54) is 66.1 Å². The zero-order chi connectivity index (χ0) is 32.2. The fourth-order valence-corrected chi connectivity index (χ4v) is 7.48. The van der Waals surface area contributed by atoms with Crippen LogP contribution in [-0.4, -0.2) is 9.13 Å². The molecule has 0 amide bonds. The Labute approximate surface area is 280 Å². The van der Waals surface area contributed by atoms with E-state index in [0.29, 0.717) is 12.6 Å². The number of nitrogen functional groups attached to an aromatic ring is 1. The summed E-state index contributed by atoms with van der Waals surface area (Å²) in [7, 11) is 0. The predicted molar refractivity (Wildman–Crippen MR) is 204 cm³/mol. The maximum atomic E-state index is 6.60. The molecule has 0 saturated carbocycles. The van der Waals surface area contributed by atoms with Gasteiger partial charge in [-0.3, -0.25) is 0 Å². The highest BCUT2D eigenvalue weighted by atomic mass is 15.3. The number of hydrogen-bond donors (Lipinski definition) is 1. The number of allylic oxidation sites excluding steroid dienone is 3. The van der Waals surface area contributed by atoms with Crippen LogP contribution in [0.15, 0.2) is 163 Å². The van der Waals surface area contributed by atoms with E-state index in [1.807, 2.05) is 12.1 Å². The molecule has 2 aromatic heterocycles. The summed E-state index contributed by atoms with van der Waals surface area (Å²) >= 11 is 0. The van der Waals surface area contributed by atoms with E-state index in [1.54, 1.807) is 0 Å². The molecule has 4 heteroatoms. The molecule has 232 valence electrons. The first-order chi connectivity index (χ1) is 23.6. The van der Waals surface area contributed by atoms with Crippen molar-refractivity contribution in [1.82, 2.24) is 9.13 Å². The number of benzene rings is 6. The highest BCUT2D eigenvalue weighted by Crippen LogP contribution is 2.38. The summed E-state index contributed by atoms with van der Waals surface area (Å²) in [5.41, 5.74) is 18.0. The van der Waals surface area contributed by atoms with Gasteiger partial charge in [0.1, 0.15) is 6.67 Å². The van der Waals surface area contributed by atoms with Crippen molar-refractivity contribution in [3.63, 3.8) is 0 Å². The first-order valence-corrected chi connectivity index (χ1v) is 16.7. The van der Waals surface area contributed by atoms with Crippen molar-refractivity contribution in [3.05, 3.63) is 163 Å². The van der Waals surface area contributed by atoms with E-state index in [0.717, 1.165) is 17.8 Å². The predicted octanol–water partition coefficient (Wildman–Crippen LogP) is 11.1. The van der Waals surface area contributed by atoms with Gasteiger partial charge in [0.2, 0.25) is 0 Å². The topological polar surface area (TPSA) is 39.1 Å². The van der Waals surface area contributed by atoms with Gasteiger partial charge in [0, 0.05) is 32.9 Å². The first kappa shape index (κ1) is 28.2. The maximum absolute atomic E-state index is 6.60. The quantitative estimate of drug-likeness (QED) is 0.188. The lowest BCUT2D eigenvalue weighted by Gasteiger charge is -2.30. The zero-order valence-electron chi connectivity index (χ0n) is 26.9. The van der Waals surface area contributed by atoms with Crippen LogP contribution in [-0.2, 0) is 6.67 Å². The van der Waals surface area contributed by atoms with E-state index in [-0.39, 0.29) is 0 Å². The van der Waals surface area contributed by atoms with Crippen molar-refractivity contribution in [2.24, 2.45) is 5.92 Å². The Kier molecular flexibility index (Phi) is 6.68. The molecule has 1 atom stereocenters. The summed E-state index contributed by atoms with van der Waals surface area (Å²) in [6.07, 6.45) is 7.90. The molecule has 6 aromatic carbocycles. The van der Waals surface area contributed by atoms with Gasteiger partial charge in [-0.1, -0.05) is 97.9 Å². The highest BCUT2D eigenvalue weighted by Gasteiger charge is 2.20. The van der Waals surface area contributed by atoms with Gasteiger partial charge in [0.05, 0.1) is 33.4 Å². The Morgan fingerprint density at radius 2 is 1.21 bits per heavy atom. The lowest BCUT2D eigenvalue weighted by Crippen LogP contribution is -2.26. The van der Waals surface area contributed by atoms with Crippen LogP contribution in [0.25, 0.3) is 60.4 Å². The lowest BCUT2D eigenvalue weighted by molar-refractivity contribution is 0.697. The molecule has 48 heavy (non-hydrogen) atoms. The molecule has 1 unspecified atom stereocenters. The van der Waals surface area contributed by atoms with E-state index >= 15 is 0 Å². The van der Waals surface area contributed by atoms with Gasteiger partial charge in [-0.15, -0.1) is 0 Å². The molecule has 4 nitrogen and oxygen atoms in total. The Morgan fingerprint density at radius 1 is 0.625 bits per heavy atom. The van der Waals surface area contributed by atoms with Crippen molar-refractivity contribution < 1.29 is 0 Å². The molecule has 1 aliphatic carbocycles. The van der Waals surface area contributed by atoms with Crippen LogP contribution in [0, 0.1) is 5.92 Å². The average Bonchev–Trinajstić information content (AvgIpc) is 3.63. The van der Waals surface area contributed by atoms with Crippen LogP contribution in [0.2, 0.25) is 0 Å². The van der Waals surface area contributed by atoms with Gasteiger partial charge >= 0.3 is 0 Å². The molecular weight excluding hydrogens is 585 g/mol. The van der Waals surface area contributed by atoms with E-state index in [9.17, 15) is 0 Å². The molecule has 2 N–H and O–H groups in total. The summed E-state index contributed by atoms with van der Waals surface area (Å²) < 4.78 is 4.80. The maximum Gasteiger partial charge on any atom is 0.100 e. The van der Waals surface area contributed by atoms with Crippen molar-refractivity contribution in [3.8, 4) is 16.8 Å². The van der Waals surface area contributed by atoms with Crippen LogP contribution < -0.4 is 10.6 Å². The summed E-state index contributed by atoms with van der Waals surface area (Å²) in [4.78, 5) is 2.36. The van der Waals surface area contributed by atoms with E-state index in [4.69, 9.17) is 5.73 Å². The van der Waals surface area contributed by atoms with Crippen LogP contribution in [0.3, 0.4) is 0 Å². The van der Waals surface area contributed by atoms with Gasteiger partial charge in [-0.2, -0.15) is 0 Å². The van der Waals surface area contributed by atoms with Crippen LogP contribution in [0.4, 0.5) is 11.4 Å². The van der Waals surface area contributed by atoms with Crippen molar-refractivity contribution >= 4 is 55.0 Å². The lowest BCUT2D eigenvalue weighted by atomic mass is 10.0. The first-order valence-electron chi connectivity index (χ1n) is 16.7. The Hall–Kier alpha value is -6.00. The monoisotopic (exact) mass is 620 g/mol. The molecule has 0 aliphatic heterocycles. The second kappa shape index (κ2) is 11.4. The highest BCUT2D eigenvalue weighted by molar-refractivity contribution is 6.12. The van der Waals surface area contributed by atoms with Gasteiger partial charge in [0.15, 0.2) is 0 Å². The molecular formula is C44H36N4. The van der Waals surface area contributed by atoms with Crippen molar-refractivity contribution in [2.45, 2.75) is 20.0 Å².